The summed E-state index contributed by atoms with van der Waals surface area (Å²) < 4.78 is 18.6. The summed E-state index contributed by atoms with van der Waals surface area (Å²) in [6, 6.07) is 6.46. The van der Waals surface area contributed by atoms with Gasteiger partial charge in [0.1, 0.15) is 5.82 Å². The number of carbonyl (C=O) groups excluding carboxylic acids is 1. The zero-order valence-electron chi connectivity index (χ0n) is 13.4. The topological polar surface area (TPSA) is 55.6 Å². The van der Waals surface area contributed by atoms with Gasteiger partial charge in [0.2, 0.25) is 0 Å². The Bertz CT molecular complexity index is 534. The Labute approximate surface area is 136 Å². The van der Waals surface area contributed by atoms with E-state index in [1.54, 1.807) is 0 Å². The molecule has 2 fully saturated rings. The van der Waals surface area contributed by atoms with E-state index < -0.39 is 6.10 Å². The molecule has 0 aliphatic carbocycles. The van der Waals surface area contributed by atoms with Crippen molar-refractivity contribution in [2.75, 3.05) is 19.7 Å². The van der Waals surface area contributed by atoms with Crippen LogP contribution in [0.3, 0.4) is 0 Å². The number of benzene rings is 1. The second kappa shape index (κ2) is 7.41. The molecule has 2 N–H and O–H groups in total. The summed E-state index contributed by atoms with van der Waals surface area (Å²) in [7, 11) is 0. The summed E-state index contributed by atoms with van der Waals surface area (Å²) in [5.74, 6) is 0.247. The summed E-state index contributed by atoms with van der Waals surface area (Å²) in [5, 5.41) is 0. The number of carbonyl (C=O) groups is 1. The van der Waals surface area contributed by atoms with Gasteiger partial charge in [-0.3, -0.25) is 4.79 Å². The summed E-state index contributed by atoms with van der Waals surface area (Å²) in [4.78, 5) is 14.6. The number of piperidine rings is 1. The minimum absolute atomic E-state index is 0.0426. The van der Waals surface area contributed by atoms with Crippen LogP contribution < -0.4 is 5.73 Å². The molecule has 1 aromatic carbocycles. The van der Waals surface area contributed by atoms with E-state index in [1.807, 2.05) is 17.0 Å². The molecular formula is C18H25FN2O2. The van der Waals surface area contributed by atoms with E-state index in [4.69, 9.17) is 10.5 Å². The Morgan fingerprint density at radius 2 is 2.04 bits per heavy atom. The second-order valence-electron chi connectivity index (χ2n) is 6.72. The van der Waals surface area contributed by atoms with Crippen LogP contribution in [-0.4, -0.2) is 42.6 Å². The molecule has 3 atom stereocenters. The molecule has 2 aliphatic heterocycles. The normalized spacial score (nSPS) is 28.6. The molecule has 0 bridgehead atoms. The number of nitrogens with zero attached hydrogens (tertiary/aromatic N) is 1. The average Bonchev–Trinajstić information content (AvgIpc) is 2.57. The van der Waals surface area contributed by atoms with Gasteiger partial charge in [-0.1, -0.05) is 12.1 Å². The Morgan fingerprint density at radius 1 is 1.26 bits per heavy atom. The first-order chi connectivity index (χ1) is 11.1. The Hall–Kier alpha value is -1.46. The Kier molecular flexibility index (Phi) is 5.28. The lowest BCUT2D eigenvalue weighted by Gasteiger charge is -2.37. The highest BCUT2D eigenvalue weighted by atomic mass is 19.1. The van der Waals surface area contributed by atoms with Crippen LogP contribution in [0.15, 0.2) is 24.3 Å². The third-order valence-electron chi connectivity index (χ3n) is 4.88. The van der Waals surface area contributed by atoms with E-state index in [1.165, 1.54) is 12.1 Å². The quantitative estimate of drug-likeness (QED) is 0.928. The van der Waals surface area contributed by atoms with E-state index >= 15 is 0 Å². The van der Waals surface area contributed by atoms with Gasteiger partial charge in [0.15, 0.2) is 6.10 Å². The number of halogens is 1. The van der Waals surface area contributed by atoms with E-state index in [2.05, 4.69) is 0 Å². The van der Waals surface area contributed by atoms with Crippen LogP contribution in [0.1, 0.15) is 31.2 Å². The molecule has 0 unspecified atom stereocenters. The Morgan fingerprint density at radius 3 is 2.78 bits per heavy atom. The zero-order valence-corrected chi connectivity index (χ0v) is 13.4. The fourth-order valence-electron chi connectivity index (χ4n) is 3.62. The molecule has 2 heterocycles. The van der Waals surface area contributed by atoms with E-state index in [0.29, 0.717) is 12.5 Å². The molecule has 2 saturated heterocycles. The molecule has 3 rings (SSSR count). The maximum absolute atomic E-state index is 13.0. The molecule has 5 heteroatoms. The molecule has 126 valence electrons. The van der Waals surface area contributed by atoms with Crippen LogP contribution >= 0.6 is 0 Å². The molecule has 0 aromatic heterocycles. The predicted molar refractivity (Wildman–Crippen MR) is 86.4 cm³/mol. The lowest BCUT2D eigenvalue weighted by atomic mass is 9.90. The smallest absolute Gasteiger partial charge is 0.253 e. The highest BCUT2D eigenvalue weighted by molar-refractivity contribution is 5.82. The van der Waals surface area contributed by atoms with E-state index in [9.17, 15) is 9.18 Å². The zero-order chi connectivity index (χ0) is 16.2. The summed E-state index contributed by atoms with van der Waals surface area (Å²) >= 11 is 0. The standard InChI is InChI=1S/C18H25FN2O2/c19-15-7-5-13(6-8-15)11-14-3-1-9-21(12-14)18(22)17-16(20)4-2-10-23-17/h5-8,14,16-17H,1-4,9-12,20H2/t14-,16+,17+/m0/s1. The van der Waals surface area contributed by atoms with Gasteiger partial charge < -0.3 is 15.4 Å². The van der Waals surface area contributed by atoms with Crippen LogP contribution in [0.5, 0.6) is 0 Å². The van der Waals surface area contributed by atoms with Gasteiger partial charge in [0.05, 0.1) is 0 Å². The fraction of sp³-hybridized carbons (Fsp3) is 0.611. The molecule has 0 spiro atoms. The van der Waals surface area contributed by atoms with Crippen LogP contribution in [0.25, 0.3) is 0 Å². The minimum Gasteiger partial charge on any atom is -0.367 e. The summed E-state index contributed by atoms with van der Waals surface area (Å²) in [6.45, 7) is 2.14. The van der Waals surface area contributed by atoms with Crippen molar-refractivity contribution in [1.82, 2.24) is 4.90 Å². The van der Waals surface area contributed by atoms with Crippen molar-refractivity contribution in [3.05, 3.63) is 35.6 Å². The fourth-order valence-corrected chi connectivity index (χ4v) is 3.62. The number of hydrogen-bond acceptors (Lipinski definition) is 3. The first-order valence-electron chi connectivity index (χ1n) is 8.54. The van der Waals surface area contributed by atoms with Crippen molar-refractivity contribution >= 4 is 5.91 Å². The molecule has 2 aliphatic rings. The van der Waals surface area contributed by atoms with Gasteiger partial charge in [-0.05, 0) is 55.7 Å². The molecule has 0 radical (unpaired) electrons. The molecule has 4 nitrogen and oxygen atoms in total. The summed E-state index contributed by atoms with van der Waals surface area (Å²) in [5.41, 5.74) is 7.17. The molecule has 23 heavy (non-hydrogen) atoms. The number of ether oxygens (including phenoxy) is 1. The lowest BCUT2D eigenvalue weighted by Crippen LogP contribution is -2.53. The third-order valence-corrected chi connectivity index (χ3v) is 4.88. The van der Waals surface area contributed by atoms with Gasteiger partial charge in [-0.2, -0.15) is 0 Å². The largest absolute Gasteiger partial charge is 0.367 e. The number of rotatable bonds is 3. The summed E-state index contributed by atoms with van der Waals surface area (Å²) in [6.07, 6.45) is 4.27. The first kappa shape index (κ1) is 16.4. The SMILES string of the molecule is N[C@@H]1CCCO[C@H]1C(=O)N1CCC[C@@H](Cc2ccc(F)cc2)C1. The Balaban J connectivity index is 1.59. The van der Waals surface area contributed by atoms with E-state index in [-0.39, 0.29) is 17.8 Å². The average molecular weight is 320 g/mol. The monoisotopic (exact) mass is 320 g/mol. The van der Waals surface area contributed by atoms with Gasteiger partial charge in [-0.25, -0.2) is 4.39 Å². The maximum Gasteiger partial charge on any atom is 0.253 e. The van der Waals surface area contributed by atoms with Crippen LogP contribution in [0.2, 0.25) is 0 Å². The molecular weight excluding hydrogens is 295 g/mol. The van der Waals surface area contributed by atoms with Crippen molar-refractivity contribution in [2.24, 2.45) is 11.7 Å². The van der Waals surface area contributed by atoms with Gasteiger partial charge in [0, 0.05) is 25.7 Å². The highest BCUT2D eigenvalue weighted by Gasteiger charge is 2.34. The van der Waals surface area contributed by atoms with Crippen molar-refractivity contribution in [3.63, 3.8) is 0 Å². The minimum atomic E-state index is -0.478. The number of nitrogens with two attached hydrogens (primary N) is 1. The van der Waals surface area contributed by atoms with Gasteiger partial charge >= 0.3 is 0 Å². The van der Waals surface area contributed by atoms with Crippen molar-refractivity contribution in [3.8, 4) is 0 Å². The van der Waals surface area contributed by atoms with Crippen LogP contribution in [-0.2, 0) is 16.0 Å². The number of likely N-dealkylation sites (tertiary alicyclic amines) is 1. The number of amides is 1. The van der Waals surface area contributed by atoms with Gasteiger partial charge in [-0.15, -0.1) is 0 Å². The molecule has 1 aromatic rings. The number of hydrogen-bond donors (Lipinski definition) is 1. The second-order valence-corrected chi connectivity index (χ2v) is 6.72. The third kappa shape index (κ3) is 4.09. The lowest BCUT2D eigenvalue weighted by molar-refractivity contribution is -0.149. The van der Waals surface area contributed by atoms with Crippen molar-refractivity contribution < 1.29 is 13.9 Å². The maximum atomic E-state index is 13.0. The van der Waals surface area contributed by atoms with Gasteiger partial charge in [0.25, 0.3) is 5.91 Å². The van der Waals surface area contributed by atoms with Crippen LogP contribution in [0, 0.1) is 11.7 Å². The molecule has 0 saturated carbocycles. The first-order valence-corrected chi connectivity index (χ1v) is 8.54. The van der Waals surface area contributed by atoms with E-state index in [0.717, 1.165) is 50.8 Å². The predicted octanol–water partition coefficient (Wildman–Crippen LogP) is 2.11. The van der Waals surface area contributed by atoms with Crippen molar-refractivity contribution in [1.29, 1.82) is 0 Å². The van der Waals surface area contributed by atoms with Crippen molar-refractivity contribution in [2.45, 2.75) is 44.2 Å². The van der Waals surface area contributed by atoms with Crippen LogP contribution in [0.4, 0.5) is 4.39 Å². The molecule has 1 amide bonds. The highest BCUT2D eigenvalue weighted by Crippen LogP contribution is 2.23.